The molecule has 236 valence electrons. The molecule has 0 aliphatic carbocycles. The summed E-state index contributed by atoms with van der Waals surface area (Å²) >= 11 is 0. The molecule has 1 aliphatic rings. The Bertz CT molecular complexity index is 1990. The molecule has 0 atom stereocenters. The molecule has 0 radical (unpaired) electrons. The second-order valence-corrected chi connectivity index (χ2v) is 11.7. The summed E-state index contributed by atoms with van der Waals surface area (Å²) in [7, 11) is 0. The van der Waals surface area contributed by atoms with Crippen molar-refractivity contribution in [3.63, 3.8) is 0 Å². The van der Waals surface area contributed by atoms with Crippen LogP contribution in [0.25, 0.3) is 22.2 Å². The van der Waals surface area contributed by atoms with E-state index in [1.54, 1.807) is 0 Å². The first kappa shape index (κ1) is 30.3. The molecule has 7 rings (SSSR count). The number of pyridine rings is 1. The van der Waals surface area contributed by atoms with Crippen LogP contribution in [0.15, 0.2) is 109 Å². The number of benzene rings is 4. The third-order valence-corrected chi connectivity index (χ3v) is 8.55. The summed E-state index contributed by atoms with van der Waals surface area (Å²) in [5.41, 5.74) is 9.11. The number of aromatic amines is 1. The van der Waals surface area contributed by atoms with E-state index in [9.17, 15) is 4.79 Å². The van der Waals surface area contributed by atoms with Gasteiger partial charge in [-0.3, -0.25) is 0 Å². The topological polar surface area (TPSA) is 85.5 Å². The van der Waals surface area contributed by atoms with Gasteiger partial charge in [0.2, 0.25) is 5.88 Å². The van der Waals surface area contributed by atoms with Crippen LogP contribution in [0.2, 0.25) is 0 Å². The van der Waals surface area contributed by atoms with Gasteiger partial charge in [-0.2, -0.15) is 0 Å². The van der Waals surface area contributed by atoms with E-state index in [4.69, 9.17) is 19.2 Å². The zero-order chi connectivity index (χ0) is 32.0. The number of rotatable bonds is 11. The highest BCUT2D eigenvalue weighted by Crippen LogP contribution is 2.40. The molecule has 0 saturated heterocycles. The molecule has 7 heteroatoms. The number of carbonyl (C=O) groups excluding carboxylic acids is 1. The van der Waals surface area contributed by atoms with Crippen LogP contribution in [-0.4, -0.2) is 22.5 Å². The number of hydrogen-bond acceptors (Lipinski definition) is 6. The molecule has 4 aromatic carbocycles. The minimum atomic E-state index is -0.547. The van der Waals surface area contributed by atoms with E-state index in [0.29, 0.717) is 17.9 Å². The highest BCUT2D eigenvalue weighted by molar-refractivity contribution is 5.97. The molecule has 2 N–H and O–H groups in total. The van der Waals surface area contributed by atoms with Gasteiger partial charge in [-0.05, 0) is 47.7 Å². The van der Waals surface area contributed by atoms with Crippen molar-refractivity contribution in [2.75, 3.05) is 6.54 Å². The number of H-pyrrole nitrogens is 1. The Kier molecular flexibility index (Phi) is 8.97. The summed E-state index contributed by atoms with van der Waals surface area (Å²) in [5, 5.41) is 4.68. The first-order chi connectivity index (χ1) is 23.2. The molecule has 0 spiro atoms. The maximum Gasteiger partial charge on any atom is 0.347 e. The van der Waals surface area contributed by atoms with Crippen LogP contribution in [0.3, 0.4) is 0 Å². The number of esters is 1. The van der Waals surface area contributed by atoms with E-state index in [1.165, 1.54) is 16.6 Å². The number of ether oxygens (including phenoxy) is 3. The summed E-state index contributed by atoms with van der Waals surface area (Å²) < 4.78 is 18.9. The molecule has 3 heterocycles. The van der Waals surface area contributed by atoms with Gasteiger partial charge >= 0.3 is 5.97 Å². The molecule has 0 fully saturated rings. The Labute approximate surface area is 274 Å². The average Bonchev–Trinajstić information content (AvgIpc) is 3.51. The first-order valence-corrected chi connectivity index (χ1v) is 16.1. The van der Waals surface area contributed by atoms with Crippen molar-refractivity contribution in [2.24, 2.45) is 0 Å². The van der Waals surface area contributed by atoms with Crippen molar-refractivity contribution >= 4 is 16.9 Å². The second kappa shape index (κ2) is 13.9. The third-order valence-electron chi connectivity index (χ3n) is 8.55. The van der Waals surface area contributed by atoms with Crippen LogP contribution in [0, 0.1) is 0 Å². The average molecular weight is 624 g/mol. The lowest BCUT2D eigenvalue weighted by atomic mass is 9.98. The fraction of sp³-hybridized carbons (Fsp3) is 0.200. The summed E-state index contributed by atoms with van der Waals surface area (Å²) in [4.78, 5) is 22.8. The van der Waals surface area contributed by atoms with E-state index < -0.39 is 5.97 Å². The second-order valence-electron chi connectivity index (χ2n) is 11.7. The molecule has 2 aromatic heterocycles. The Balaban J connectivity index is 1.35. The van der Waals surface area contributed by atoms with Crippen LogP contribution >= 0.6 is 0 Å². The molecule has 0 saturated carbocycles. The smallest absolute Gasteiger partial charge is 0.347 e. The summed E-state index contributed by atoms with van der Waals surface area (Å²) in [6.45, 7) is 4.45. The fourth-order valence-electron chi connectivity index (χ4n) is 6.16. The van der Waals surface area contributed by atoms with Gasteiger partial charge in [0.05, 0.1) is 5.69 Å². The molecule has 0 unspecified atom stereocenters. The summed E-state index contributed by atoms with van der Waals surface area (Å²) in [5.74, 6) is 0.0588. The molecular weight excluding hydrogens is 586 g/mol. The minimum absolute atomic E-state index is 0.113. The van der Waals surface area contributed by atoms with E-state index in [1.807, 2.05) is 91.0 Å². The van der Waals surface area contributed by atoms with Crippen LogP contribution < -0.4 is 14.8 Å². The van der Waals surface area contributed by atoms with E-state index in [-0.39, 0.29) is 31.3 Å². The number of nitrogens with one attached hydrogen (secondary N) is 2. The predicted octanol–water partition coefficient (Wildman–Crippen LogP) is 7.95. The van der Waals surface area contributed by atoms with E-state index in [2.05, 4.69) is 35.4 Å². The number of hydrogen-bond donors (Lipinski definition) is 2. The molecule has 0 amide bonds. The Hall–Kier alpha value is -5.40. The maximum atomic E-state index is 14.1. The van der Waals surface area contributed by atoms with Gasteiger partial charge < -0.3 is 24.5 Å². The highest BCUT2D eigenvalue weighted by Gasteiger charge is 2.29. The largest absolute Gasteiger partial charge is 0.487 e. The van der Waals surface area contributed by atoms with Crippen LogP contribution in [-0.2, 0) is 43.9 Å². The van der Waals surface area contributed by atoms with E-state index in [0.717, 1.165) is 52.8 Å². The number of nitrogens with zero attached hydrogens (tertiary/aromatic N) is 1. The monoisotopic (exact) mass is 623 g/mol. The maximum absolute atomic E-state index is 14.1. The molecule has 1 aliphatic heterocycles. The molecule has 0 bridgehead atoms. The van der Waals surface area contributed by atoms with Gasteiger partial charge in [0.15, 0.2) is 5.56 Å². The number of carbonyl (C=O) groups is 1. The predicted molar refractivity (Wildman–Crippen MR) is 183 cm³/mol. The Morgan fingerprint density at radius 2 is 1.43 bits per heavy atom. The number of aromatic nitrogens is 2. The van der Waals surface area contributed by atoms with Crippen molar-refractivity contribution in [1.29, 1.82) is 0 Å². The van der Waals surface area contributed by atoms with Gasteiger partial charge in [-0.25, -0.2) is 9.78 Å². The summed E-state index contributed by atoms with van der Waals surface area (Å²) in [6.07, 6.45) is 1.56. The fourth-order valence-corrected chi connectivity index (χ4v) is 6.16. The first-order valence-electron chi connectivity index (χ1n) is 16.1. The zero-order valence-electron chi connectivity index (χ0n) is 26.4. The van der Waals surface area contributed by atoms with Gasteiger partial charge in [0.1, 0.15) is 25.6 Å². The zero-order valence-corrected chi connectivity index (χ0v) is 26.4. The lowest BCUT2D eigenvalue weighted by Crippen LogP contribution is -2.22. The summed E-state index contributed by atoms with van der Waals surface area (Å²) in [6, 6.07) is 35.8. The van der Waals surface area contributed by atoms with E-state index >= 15 is 0 Å². The molecule has 47 heavy (non-hydrogen) atoms. The minimum Gasteiger partial charge on any atom is -0.487 e. The highest BCUT2D eigenvalue weighted by atomic mass is 16.5. The van der Waals surface area contributed by atoms with Crippen LogP contribution in [0.1, 0.15) is 50.8 Å². The Morgan fingerprint density at radius 1 is 0.787 bits per heavy atom. The third kappa shape index (κ3) is 6.62. The van der Waals surface area contributed by atoms with Crippen LogP contribution in [0.4, 0.5) is 0 Å². The van der Waals surface area contributed by atoms with Crippen LogP contribution in [0.5, 0.6) is 11.6 Å². The van der Waals surface area contributed by atoms with Crippen molar-refractivity contribution in [1.82, 2.24) is 15.3 Å². The van der Waals surface area contributed by atoms with Crippen molar-refractivity contribution < 1.29 is 19.0 Å². The normalized spacial score (nSPS) is 12.4. The van der Waals surface area contributed by atoms with Gasteiger partial charge in [0, 0.05) is 34.3 Å². The SMILES string of the molecule is CCc1c(-c2ccc3c4c([nH]c3c2)CNCC4)nc(OCc2ccccc2)c(C(=O)OCc2ccccc2)c1OCc1ccccc1. The lowest BCUT2D eigenvalue weighted by Gasteiger charge is -2.21. The molecule has 6 aromatic rings. The molecule has 7 nitrogen and oxygen atoms in total. The number of fused-ring (bicyclic) bond motifs is 3. The van der Waals surface area contributed by atoms with Gasteiger partial charge in [-0.1, -0.05) is 110 Å². The lowest BCUT2D eigenvalue weighted by molar-refractivity contribution is 0.0460. The molecular formula is C40H37N3O4. The van der Waals surface area contributed by atoms with Gasteiger partial charge in [-0.15, -0.1) is 0 Å². The quantitative estimate of drug-likeness (QED) is 0.143. The van der Waals surface area contributed by atoms with Crippen molar-refractivity contribution in [3.8, 4) is 22.9 Å². The standard InChI is InChI=1S/C40H37N3O4/c1-2-31-37(30-18-19-32-33-20-21-41-23-35(33)42-34(32)22-30)43-39(46-25-28-14-8-4-9-15-28)36(38(31)45-24-27-12-6-3-7-13-27)40(44)47-26-29-16-10-5-11-17-29/h3-19,22,41-42H,2,20-21,23-26H2,1H3. The van der Waals surface area contributed by atoms with Crippen molar-refractivity contribution in [3.05, 3.63) is 148 Å². The van der Waals surface area contributed by atoms with Gasteiger partial charge in [0.25, 0.3) is 0 Å². The Morgan fingerprint density at radius 3 is 2.09 bits per heavy atom. The van der Waals surface area contributed by atoms with Crippen molar-refractivity contribution in [2.45, 2.75) is 46.1 Å².